The molecule has 2 aliphatic carbocycles. The van der Waals surface area contributed by atoms with Gasteiger partial charge in [-0.3, -0.25) is 9.69 Å². The highest BCUT2D eigenvalue weighted by Gasteiger charge is 2.44. The van der Waals surface area contributed by atoms with Crippen LogP contribution in [-0.4, -0.2) is 49.7 Å². The van der Waals surface area contributed by atoms with Crippen LogP contribution in [-0.2, 0) is 24.5 Å². The number of carboxylic acids is 1. The van der Waals surface area contributed by atoms with Crippen LogP contribution < -0.4 is 9.47 Å². The molecule has 4 aromatic rings. The summed E-state index contributed by atoms with van der Waals surface area (Å²) in [6.45, 7) is 3.07. The lowest BCUT2D eigenvalue weighted by Crippen LogP contribution is -2.38. The Kier molecular flexibility index (Phi) is 8.43. The summed E-state index contributed by atoms with van der Waals surface area (Å²) in [6, 6.07) is 19.7. The minimum atomic E-state index is -0.939. The molecule has 242 valence electrons. The molecule has 0 spiro atoms. The molecule has 48 heavy (non-hydrogen) atoms. The van der Waals surface area contributed by atoms with Crippen LogP contribution in [0.15, 0.2) is 54.6 Å². The summed E-state index contributed by atoms with van der Waals surface area (Å²) < 4.78 is 28.4. The number of rotatable bonds is 12. The van der Waals surface area contributed by atoms with E-state index in [1.54, 1.807) is 0 Å². The summed E-state index contributed by atoms with van der Waals surface area (Å²) in [4.78, 5) is 23.8. The Labute approximate surface area is 277 Å². The van der Waals surface area contributed by atoms with E-state index in [0.29, 0.717) is 30.9 Å². The number of benzene rings is 2. The average molecular weight is 645 g/mol. The maximum Gasteiger partial charge on any atom is 0.320 e. The molecule has 1 N–H and O–H groups in total. The van der Waals surface area contributed by atoms with Gasteiger partial charge in [-0.15, -0.1) is 0 Å². The number of nitriles is 2. The largest absolute Gasteiger partial charge is 0.490 e. The van der Waals surface area contributed by atoms with Crippen molar-refractivity contribution in [2.24, 2.45) is 11.3 Å². The normalized spacial score (nSPS) is 19.7. The van der Waals surface area contributed by atoms with E-state index >= 15 is 0 Å². The van der Waals surface area contributed by atoms with Gasteiger partial charge >= 0.3 is 5.97 Å². The predicted molar refractivity (Wildman–Crippen MR) is 172 cm³/mol. The molecular weight excluding hydrogens is 611 g/mol. The molecule has 3 aliphatic rings. The fraction of sp³-hybridized carbons (Fsp3) is 0.378. The summed E-state index contributed by atoms with van der Waals surface area (Å²) in [5.74, 6) is 4.69. The number of piperidine rings is 1. The smallest absolute Gasteiger partial charge is 0.320 e. The summed E-state index contributed by atoms with van der Waals surface area (Å²) in [7, 11) is 0. The average Bonchev–Trinajstić information content (AvgIpc) is 3.74. The van der Waals surface area contributed by atoms with E-state index in [0.717, 1.165) is 67.5 Å². The number of imidazole rings is 1. The molecule has 0 radical (unpaired) electrons. The Morgan fingerprint density at radius 3 is 2.60 bits per heavy atom. The highest BCUT2D eigenvalue weighted by Crippen LogP contribution is 2.50. The Balaban J connectivity index is 1.00. The predicted octanol–water partition coefficient (Wildman–Crippen LogP) is 5.56. The van der Waals surface area contributed by atoms with E-state index in [2.05, 4.69) is 27.4 Å². The number of carboxylic acid groups (broad SMARTS) is 1. The molecular formula is C37H33FN6O4. The van der Waals surface area contributed by atoms with Gasteiger partial charge in [0.1, 0.15) is 35.7 Å². The Morgan fingerprint density at radius 1 is 1.08 bits per heavy atom. The molecule has 2 unspecified atom stereocenters. The Bertz CT molecular complexity index is 2020. The topological polar surface area (TPSA) is 137 Å². The summed E-state index contributed by atoms with van der Waals surface area (Å²) >= 11 is 0. The summed E-state index contributed by atoms with van der Waals surface area (Å²) in [5, 5.41) is 28.0. The minimum Gasteiger partial charge on any atom is -0.490 e. The highest BCUT2D eigenvalue weighted by molar-refractivity contribution is 5.79. The fourth-order valence-electron chi connectivity index (χ4n) is 6.43. The number of ether oxygens (including phenoxy) is 2. The van der Waals surface area contributed by atoms with Crippen LogP contribution in [0.5, 0.6) is 11.5 Å². The molecule has 1 aliphatic heterocycles. The van der Waals surface area contributed by atoms with Crippen LogP contribution in [0, 0.1) is 51.7 Å². The van der Waals surface area contributed by atoms with E-state index in [1.165, 1.54) is 12.1 Å². The lowest BCUT2D eigenvalue weighted by molar-refractivity contribution is -0.140. The van der Waals surface area contributed by atoms with Crippen LogP contribution >= 0.6 is 0 Å². The Morgan fingerprint density at radius 2 is 1.92 bits per heavy atom. The zero-order valence-corrected chi connectivity index (χ0v) is 26.2. The first-order chi connectivity index (χ1) is 23.3. The second-order valence-electron chi connectivity index (χ2n) is 12.9. The van der Waals surface area contributed by atoms with Crippen molar-refractivity contribution in [3.8, 4) is 35.5 Å². The first kappa shape index (κ1) is 31.2. The lowest BCUT2D eigenvalue weighted by Gasteiger charge is -2.32. The quantitative estimate of drug-likeness (QED) is 0.197. The van der Waals surface area contributed by atoms with Gasteiger partial charge in [0.05, 0.1) is 35.9 Å². The van der Waals surface area contributed by atoms with Crippen LogP contribution in [0.25, 0.3) is 11.2 Å². The maximum absolute atomic E-state index is 14.2. The van der Waals surface area contributed by atoms with Crippen molar-refractivity contribution < 1.29 is 23.8 Å². The molecule has 7 rings (SSSR count). The number of fused-ring (bicyclic) bond motifs is 1. The van der Waals surface area contributed by atoms with E-state index in [4.69, 9.17) is 24.7 Å². The third-order valence-corrected chi connectivity index (χ3v) is 9.47. The third-order valence-electron chi connectivity index (χ3n) is 9.47. The van der Waals surface area contributed by atoms with Gasteiger partial charge in [-0.05, 0) is 73.7 Å². The van der Waals surface area contributed by atoms with Gasteiger partial charge in [-0.25, -0.2) is 14.4 Å². The molecule has 2 aromatic heterocycles. The van der Waals surface area contributed by atoms with E-state index < -0.39 is 23.6 Å². The molecule has 3 heterocycles. The number of carbonyl (C=O) groups is 1. The lowest BCUT2D eigenvalue weighted by atomic mass is 9.83. The van der Waals surface area contributed by atoms with Crippen molar-refractivity contribution in [3.05, 3.63) is 83.1 Å². The highest BCUT2D eigenvalue weighted by atomic mass is 19.1. The van der Waals surface area contributed by atoms with Crippen molar-refractivity contribution >= 4 is 17.1 Å². The van der Waals surface area contributed by atoms with Gasteiger partial charge in [-0.2, -0.15) is 10.5 Å². The molecule has 1 saturated carbocycles. The second kappa shape index (κ2) is 13.0. The summed E-state index contributed by atoms with van der Waals surface area (Å²) in [5.41, 5.74) is 3.12. The second-order valence-corrected chi connectivity index (χ2v) is 12.9. The molecule has 2 atom stereocenters. The zero-order chi connectivity index (χ0) is 33.3. The number of aliphatic carboxylic acids is 1. The van der Waals surface area contributed by atoms with Gasteiger partial charge in [0.25, 0.3) is 0 Å². The number of nitrogens with zero attached hydrogens (tertiary/aromatic N) is 6. The van der Waals surface area contributed by atoms with Crippen molar-refractivity contribution in [3.63, 3.8) is 0 Å². The van der Waals surface area contributed by atoms with Crippen molar-refractivity contribution in [1.82, 2.24) is 19.4 Å². The third kappa shape index (κ3) is 6.53. The molecule has 0 amide bonds. The van der Waals surface area contributed by atoms with Crippen LogP contribution in [0.2, 0.25) is 0 Å². The van der Waals surface area contributed by atoms with Gasteiger partial charge in [0.15, 0.2) is 17.2 Å². The van der Waals surface area contributed by atoms with E-state index in [9.17, 15) is 19.6 Å². The number of hydrogen-bond acceptors (Lipinski definition) is 8. The van der Waals surface area contributed by atoms with Gasteiger partial charge in [0, 0.05) is 31.5 Å². The first-order valence-electron chi connectivity index (χ1n) is 16.1. The Hall–Kier alpha value is -5.44. The van der Waals surface area contributed by atoms with Crippen molar-refractivity contribution in [2.45, 2.75) is 63.8 Å². The first-order valence-corrected chi connectivity index (χ1v) is 16.1. The molecule has 10 nitrogen and oxygen atoms in total. The number of likely N-dealkylation sites (tertiary alicyclic amines) is 1. The van der Waals surface area contributed by atoms with E-state index in [-0.39, 0.29) is 29.4 Å². The summed E-state index contributed by atoms with van der Waals surface area (Å²) in [6.07, 6.45) is 4.13. The van der Waals surface area contributed by atoms with Crippen LogP contribution in [0.4, 0.5) is 4.39 Å². The number of halogens is 1. The van der Waals surface area contributed by atoms with Gasteiger partial charge < -0.3 is 19.1 Å². The van der Waals surface area contributed by atoms with Crippen molar-refractivity contribution in [1.29, 1.82) is 10.5 Å². The molecule has 2 aromatic carbocycles. The molecule has 11 heteroatoms. The van der Waals surface area contributed by atoms with E-state index in [1.807, 2.05) is 42.5 Å². The van der Waals surface area contributed by atoms with Crippen LogP contribution in [0.1, 0.15) is 60.7 Å². The minimum absolute atomic E-state index is 0.0348. The standard InChI is InChI=1S/C37H33FN6O4/c38-30-19-24(20-40)4-9-33(30)47-22-25-2-1-3-27(18-25)48-26-10-16-43(17-11-26)21-34-41-32-8-7-31(28-5-6-29(28)36(45)46)42-35(32)44(34)23-37(12-13-37)14-15-39/h1-4,7-9,18-19,26,28-29H,10-14,16-17,21-23H2,(H,45,46). The number of hydrogen-bond donors (Lipinski definition) is 1. The number of pyridine rings is 1. The number of aromatic nitrogens is 3. The van der Waals surface area contributed by atoms with Crippen molar-refractivity contribution in [2.75, 3.05) is 13.1 Å². The molecule has 1 saturated heterocycles. The molecule has 2 fully saturated rings. The van der Waals surface area contributed by atoms with Gasteiger partial charge in [0.2, 0.25) is 0 Å². The van der Waals surface area contributed by atoms with Gasteiger partial charge in [-0.1, -0.05) is 24.0 Å². The molecule has 0 bridgehead atoms. The monoisotopic (exact) mass is 644 g/mol. The maximum atomic E-state index is 14.2. The van der Waals surface area contributed by atoms with Crippen LogP contribution in [0.3, 0.4) is 0 Å². The SMILES string of the molecule is N#CCC1(Cn2c(CN3CCC(Oc4cccc(COc5ccc(C#N)cc5F)c4)CC3)nc3ccc(C4C#CC4C(=O)O)nc32)CC1. The fourth-order valence-corrected chi connectivity index (χ4v) is 6.43. The zero-order valence-electron chi connectivity index (χ0n) is 26.2.